The maximum atomic E-state index is 11.7. The van der Waals surface area contributed by atoms with Crippen LogP contribution in [0.1, 0.15) is 36.3 Å². The lowest BCUT2D eigenvalue weighted by Gasteiger charge is -2.02. The van der Waals surface area contributed by atoms with Crippen molar-refractivity contribution in [2.75, 3.05) is 6.54 Å². The van der Waals surface area contributed by atoms with E-state index in [0.717, 1.165) is 12.8 Å². The van der Waals surface area contributed by atoms with Gasteiger partial charge >= 0.3 is 5.97 Å². The van der Waals surface area contributed by atoms with Crippen LogP contribution in [-0.4, -0.2) is 30.6 Å². The van der Waals surface area contributed by atoms with E-state index in [1.54, 1.807) is 6.92 Å². The topological polar surface area (TPSA) is 88.4 Å². The molecule has 1 aliphatic carbocycles. The first-order valence-electron chi connectivity index (χ1n) is 5.40. The van der Waals surface area contributed by atoms with Crippen LogP contribution in [0.15, 0.2) is 17.2 Å². The molecule has 0 atom stereocenters. The van der Waals surface area contributed by atoms with Crippen molar-refractivity contribution < 1.29 is 18.3 Å². The van der Waals surface area contributed by atoms with Gasteiger partial charge in [-0.3, -0.25) is 0 Å². The Morgan fingerprint density at radius 2 is 2.24 bits per heavy atom. The highest BCUT2D eigenvalue weighted by Gasteiger charge is 2.30. The van der Waals surface area contributed by atoms with Gasteiger partial charge in [0.1, 0.15) is 10.6 Å². The number of rotatable bonds is 5. The summed E-state index contributed by atoms with van der Waals surface area (Å²) in [6.07, 6.45) is 3.20. The first kappa shape index (κ1) is 12.1. The SMILES string of the molecule is CCNS(=O)(=O)c1cc(C(=O)O)n(C2CC2)c1. The highest BCUT2D eigenvalue weighted by molar-refractivity contribution is 7.89. The van der Waals surface area contributed by atoms with Gasteiger partial charge in [0.05, 0.1) is 0 Å². The summed E-state index contributed by atoms with van der Waals surface area (Å²) in [7, 11) is -3.59. The maximum absolute atomic E-state index is 11.7. The second-order valence-electron chi connectivity index (χ2n) is 4.01. The van der Waals surface area contributed by atoms with Crippen molar-refractivity contribution in [3.05, 3.63) is 18.0 Å². The number of carboxylic acids is 1. The molecule has 1 saturated carbocycles. The molecule has 94 valence electrons. The van der Waals surface area contributed by atoms with Gasteiger partial charge in [0.15, 0.2) is 0 Å². The summed E-state index contributed by atoms with van der Waals surface area (Å²) in [6, 6.07) is 1.34. The van der Waals surface area contributed by atoms with E-state index in [4.69, 9.17) is 5.11 Å². The van der Waals surface area contributed by atoms with Gasteiger partial charge in [-0.25, -0.2) is 17.9 Å². The molecule has 7 heteroatoms. The Labute approximate surface area is 99.3 Å². The summed E-state index contributed by atoms with van der Waals surface area (Å²) in [4.78, 5) is 11.0. The van der Waals surface area contributed by atoms with Gasteiger partial charge in [0.2, 0.25) is 10.0 Å². The summed E-state index contributed by atoms with van der Waals surface area (Å²) in [5, 5.41) is 9.02. The number of aromatic carboxylic acids is 1. The second-order valence-corrected chi connectivity index (χ2v) is 5.77. The molecule has 1 aliphatic rings. The van der Waals surface area contributed by atoms with E-state index in [1.807, 2.05) is 0 Å². The third kappa shape index (κ3) is 2.34. The molecule has 0 bridgehead atoms. The van der Waals surface area contributed by atoms with E-state index in [2.05, 4.69) is 4.72 Å². The van der Waals surface area contributed by atoms with Crippen LogP contribution < -0.4 is 4.72 Å². The minimum absolute atomic E-state index is 0.0173. The average molecular weight is 258 g/mol. The zero-order chi connectivity index (χ0) is 12.6. The predicted molar refractivity (Wildman–Crippen MR) is 60.5 cm³/mol. The Balaban J connectivity index is 2.43. The number of carbonyl (C=O) groups is 1. The van der Waals surface area contributed by atoms with Crippen molar-refractivity contribution in [3.8, 4) is 0 Å². The van der Waals surface area contributed by atoms with Gasteiger partial charge in [-0.05, 0) is 18.9 Å². The number of carboxylic acid groups (broad SMARTS) is 1. The molecule has 0 aromatic carbocycles. The highest BCUT2D eigenvalue weighted by Crippen LogP contribution is 2.37. The molecule has 0 amide bonds. The van der Waals surface area contributed by atoms with Crippen LogP contribution in [0.3, 0.4) is 0 Å². The van der Waals surface area contributed by atoms with Gasteiger partial charge in [0, 0.05) is 18.8 Å². The largest absolute Gasteiger partial charge is 0.477 e. The fourth-order valence-corrected chi connectivity index (χ4v) is 2.77. The molecule has 0 aliphatic heterocycles. The molecule has 1 aromatic rings. The molecule has 1 aromatic heterocycles. The van der Waals surface area contributed by atoms with Crippen LogP contribution in [-0.2, 0) is 10.0 Å². The van der Waals surface area contributed by atoms with E-state index < -0.39 is 16.0 Å². The molecule has 0 saturated heterocycles. The van der Waals surface area contributed by atoms with Crippen molar-refractivity contribution >= 4 is 16.0 Å². The fraction of sp³-hybridized carbons (Fsp3) is 0.500. The Morgan fingerprint density at radius 3 is 2.71 bits per heavy atom. The first-order chi connectivity index (χ1) is 7.95. The lowest BCUT2D eigenvalue weighted by molar-refractivity contribution is 0.0685. The molecule has 0 radical (unpaired) electrons. The number of aromatic nitrogens is 1. The summed E-state index contributed by atoms with van der Waals surface area (Å²) in [5.41, 5.74) is 0.0315. The van der Waals surface area contributed by atoms with Crippen LogP contribution in [0.2, 0.25) is 0 Å². The van der Waals surface area contributed by atoms with Gasteiger partial charge in [-0.2, -0.15) is 0 Å². The van der Waals surface area contributed by atoms with E-state index in [1.165, 1.54) is 16.8 Å². The minimum atomic E-state index is -3.59. The highest BCUT2D eigenvalue weighted by atomic mass is 32.2. The molecule has 6 nitrogen and oxygen atoms in total. The van der Waals surface area contributed by atoms with Gasteiger partial charge in [0.25, 0.3) is 0 Å². The number of hydrogen-bond donors (Lipinski definition) is 2. The zero-order valence-corrected chi connectivity index (χ0v) is 10.2. The van der Waals surface area contributed by atoms with Crippen molar-refractivity contribution in [1.82, 2.24) is 9.29 Å². The zero-order valence-electron chi connectivity index (χ0n) is 9.38. The van der Waals surface area contributed by atoms with Crippen LogP contribution in [0.5, 0.6) is 0 Å². The second kappa shape index (κ2) is 4.15. The quantitative estimate of drug-likeness (QED) is 0.818. The number of nitrogens with zero attached hydrogens (tertiary/aromatic N) is 1. The lowest BCUT2D eigenvalue weighted by Crippen LogP contribution is -2.22. The molecule has 1 fully saturated rings. The maximum Gasteiger partial charge on any atom is 0.352 e. The minimum Gasteiger partial charge on any atom is -0.477 e. The smallest absolute Gasteiger partial charge is 0.352 e. The third-order valence-corrected chi connectivity index (χ3v) is 4.14. The van der Waals surface area contributed by atoms with Gasteiger partial charge in [-0.15, -0.1) is 0 Å². The van der Waals surface area contributed by atoms with Crippen LogP contribution in [0, 0.1) is 0 Å². The van der Waals surface area contributed by atoms with E-state index >= 15 is 0 Å². The fourth-order valence-electron chi connectivity index (χ4n) is 1.70. The number of hydrogen-bond acceptors (Lipinski definition) is 3. The summed E-state index contributed by atoms with van der Waals surface area (Å²) < 4.78 is 27.4. The van der Waals surface area contributed by atoms with Crippen LogP contribution in [0.25, 0.3) is 0 Å². The Bertz CT molecular complexity index is 543. The van der Waals surface area contributed by atoms with Crippen molar-refractivity contribution in [2.45, 2.75) is 30.7 Å². The number of sulfonamides is 1. The predicted octanol–water partition coefficient (Wildman–Crippen LogP) is 0.819. The summed E-state index contributed by atoms with van der Waals surface area (Å²) in [6.45, 7) is 1.95. The van der Waals surface area contributed by atoms with E-state index in [-0.39, 0.29) is 23.2 Å². The molecule has 2 N–H and O–H groups in total. The van der Waals surface area contributed by atoms with Crippen molar-refractivity contribution in [2.24, 2.45) is 0 Å². The lowest BCUT2D eigenvalue weighted by atomic mass is 10.4. The number of nitrogens with one attached hydrogen (secondary N) is 1. The average Bonchev–Trinajstić information content (AvgIpc) is 2.96. The molecule has 0 unspecified atom stereocenters. The van der Waals surface area contributed by atoms with Crippen molar-refractivity contribution in [1.29, 1.82) is 0 Å². The van der Waals surface area contributed by atoms with Gasteiger partial charge < -0.3 is 9.67 Å². The molecule has 1 heterocycles. The van der Waals surface area contributed by atoms with E-state index in [9.17, 15) is 13.2 Å². The molecule has 0 spiro atoms. The van der Waals surface area contributed by atoms with E-state index in [0.29, 0.717) is 0 Å². The van der Waals surface area contributed by atoms with Gasteiger partial charge in [-0.1, -0.05) is 6.92 Å². The Hall–Kier alpha value is -1.34. The molecular weight excluding hydrogens is 244 g/mol. The van der Waals surface area contributed by atoms with Crippen LogP contribution >= 0.6 is 0 Å². The molecule has 2 rings (SSSR count). The van der Waals surface area contributed by atoms with Crippen molar-refractivity contribution in [3.63, 3.8) is 0 Å². The summed E-state index contributed by atoms with van der Waals surface area (Å²) >= 11 is 0. The third-order valence-electron chi connectivity index (χ3n) is 2.63. The summed E-state index contributed by atoms with van der Waals surface area (Å²) in [5.74, 6) is -1.10. The monoisotopic (exact) mass is 258 g/mol. The van der Waals surface area contributed by atoms with Crippen LogP contribution in [0.4, 0.5) is 0 Å². The standard InChI is InChI=1S/C10H14N2O4S/c1-2-11-17(15,16)8-5-9(10(13)14)12(6-8)7-3-4-7/h5-7,11H,2-4H2,1H3,(H,13,14). The Morgan fingerprint density at radius 1 is 1.59 bits per heavy atom. The Kier molecular flexibility index (Phi) is 2.96. The normalized spacial score (nSPS) is 16.1. The molecular formula is C10H14N2O4S. The molecule has 17 heavy (non-hydrogen) atoms. The first-order valence-corrected chi connectivity index (χ1v) is 6.89.